The number of methoxy groups -OCH3 is 1. The lowest BCUT2D eigenvalue weighted by Crippen LogP contribution is -2.31. The van der Waals surface area contributed by atoms with Crippen LogP contribution in [0.2, 0.25) is 0 Å². The van der Waals surface area contributed by atoms with Gasteiger partial charge < -0.3 is 20.1 Å². The number of H-pyrrole nitrogens is 1. The van der Waals surface area contributed by atoms with Gasteiger partial charge in [0.2, 0.25) is 0 Å². The molecule has 2 heterocycles. The molecule has 3 aromatic rings. The van der Waals surface area contributed by atoms with Gasteiger partial charge in [-0.15, -0.1) is 0 Å². The lowest BCUT2D eigenvalue weighted by molar-refractivity contribution is -0.0556. The largest absolute Gasteiger partial charge is 0.496 e. The fourth-order valence-corrected chi connectivity index (χ4v) is 4.73. The molecule has 2 atom stereocenters. The first kappa shape index (κ1) is 24.1. The predicted octanol–water partition coefficient (Wildman–Crippen LogP) is 3.96. The predicted molar refractivity (Wildman–Crippen MR) is 125 cm³/mol. The number of nitrogens with zero attached hydrogens (tertiary/aromatic N) is 2. The molecule has 1 aliphatic heterocycles. The quantitative estimate of drug-likeness (QED) is 0.484. The van der Waals surface area contributed by atoms with Gasteiger partial charge in [0.1, 0.15) is 12.4 Å². The van der Waals surface area contributed by atoms with E-state index in [0.29, 0.717) is 22.4 Å². The third-order valence-electron chi connectivity index (χ3n) is 6.58. The topological polar surface area (TPSA) is 90.5 Å². The standard InChI is InChI=1S/C25H30F2N4O3/c1-15(16-6-4-8-18(10-16)25(26,27)14-32)29-24(33)20-11-19(17-7-5-9-31(2)13-17)23(34-3)21-12-28-30-22(20)21/h4,6,8,10-12,15,17,32H,5,7,9,13-14H2,1-3H3,(H,28,30)(H,29,33)/t15-,17?/m1/s1. The molecule has 0 radical (unpaired) electrons. The molecule has 1 amide bonds. The second kappa shape index (κ2) is 9.68. The van der Waals surface area contributed by atoms with E-state index in [4.69, 9.17) is 9.84 Å². The number of halogens is 2. The molecule has 1 unspecified atom stereocenters. The highest BCUT2D eigenvalue weighted by molar-refractivity contribution is 6.07. The van der Waals surface area contributed by atoms with Crippen LogP contribution in [0.3, 0.4) is 0 Å². The molecule has 1 fully saturated rings. The molecule has 2 aromatic carbocycles. The van der Waals surface area contributed by atoms with E-state index >= 15 is 0 Å². The molecule has 0 saturated carbocycles. The van der Waals surface area contributed by atoms with Crippen molar-refractivity contribution in [1.82, 2.24) is 20.4 Å². The van der Waals surface area contributed by atoms with Crippen molar-refractivity contribution in [2.24, 2.45) is 0 Å². The number of aliphatic hydroxyl groups excluding tert-OH is 1. The molecule has 1 aromatic heterocycles. The van der Waals surface area contributed by atoms with Crippen LogP contribution in [0.5, 0.6) is 5.75 Å². The number of rotatable bonds is 7. The maximum Gasteiger partial charge on any atom is 0.295 e. The summed E-state index contributed by atoms with van der Waals surface area (Å²) in [4.78, 5) is 15.6. The molecule has 182 valence electrons. The first-order chi connectivity index (χ1) is 16.2. The Hall–Kier alpha value is -3.04. The number of benzene rings is 2. The third-order valence-corrected chi connectivity index (χ3v) is 6.58. The molecule has 1 aliphatic rings. The smallest absolute Gasteiger partial charge is 0.295 e. The van der Waals surface area contributed by atoms with Gasteiger partial charge in [0.15, 0.2) is 0 Å². The molecule has 34 heavy (non-hydrogen) atoms. The van der Waals surface area contributed by atoms with Crippen molar-refractivity contribution in [1.29, 1.82) is 0 Å². The molecule has 0 bridgehead atoms. The van der Waals surface area contributed by atoms with Crippen LogP contribution in [0.15, 0.2) is 36.5 Å². The Bertz CT molecular complexity index is 1180. The van der Waals surface area contributed by atoms with Gasteiger partial charge in [-0.05, 0) is 51.1 Å². The number of aromatic nitrogens is 2. The monoisotopic (exact) mass is 472 g/mol. The summed E-state index contributed by atoms with van der Waals surface area (Å²) in [6, 6.07) is 7.07. The maximum atomic E-state index is 14.0. The Morgan fingerprint density at radius 3 is 2.91 bits per heavy atom. The highest BCUT2D eigenvalue weighted by atomic mass is 19.3. The van der Waals surface area contributed by atoms with Crippen molar-refractivity contribution in [2.75, 3.05) is 33.9 Å². The number of aliphatic hydroxyl groups is 1. The SMILES string of the molecule is COc1c(C2CCCN(C)C2)cc(C(=O)N[C@H](C)c2cccc(C(F)(F)CO)c2)c2[nH]ncc12. The summed E-state index contributed by atoms with van der Waals surface area (Å²) in [7, 11) is 3.70. The summed E-state index contributed by atoms with van der Waals surface area (Å²) in [5, 5.41) is 19.7. The van der Waals surface area contributed by atoms with Gasteiger partial charge in [-0.1, -0.05) is 18.2 Å². The average Bonchev–Trinajstić information content (AvgIpc) is 3.32. The zero-order valence-electron chi connectivity index (χ0n) is 19.6. The second-order valence-corrected chi connectivity index (χ2v) is 8.99. The van der Waals surface area contributed by atoms with Gasteiger partial charge in [-0.25, -0.2) is 0 Å². The number of fused-ring (bicyclic) bond motifs is 1. The number of alkyl halides is 2. The first-order valence-electron chi connectivity index (χ1n) is 11.4. The molecule has 1 saturated heterocycles. The number of aromatic amines is 1. The lowest BCUT2D eigenvalue weighted by Gasteiger charge is -2.31. The molecule has 3 N–H and O–H groups in total. The van der Waals surface area contributed by atoms with E-state index in [1.165, 1.54) is 18.2 Å². The molecule has 0 spiro atoms. The first-order valence-corrected chi connectivity index (χ1v) is 11.4. The number of piperidine rings is 1. The van der Waals surface area contributed by atoms with Gasteiger partial charge in [0.25, 0.3) is 11.8 Å². The number of amides is 1. The zero-order chi connectivity index (χ0) is 24.5. The summed E-state index contributed by atoms with van der Waals surface area (Å²) in [6.07, 6.45) is 3.71. The average molecular weight is 473 g/mol. The minimum Gasteiger partial charge on any atom is -0.496 e. The molecular formula is C25H30F2N4O3. The van der Waals surface area contributed by atoms with Crippen LogP contribution in [0.25, 0.3) is 10.9 Å². The third kappa shape index (κ3) is 4.63. The number of likely N-dealkylation sites (N-methyl/N-ethyl adjacent to an activating group) is 1. The minimum absolute atomic E-state index is 0.217. The number of carbonyl (C=O) groups is 1. The van der Waals surface area contributed by atoms with Gasteiger partial charge in [0.05, 0.1) is 35.8 Å². The van der Waals surface area contributed by atoms with Gasteiger partial charge >= 0.3 is 0 Å². The van der Waals surface area contributed by atoms with Crippen molar-refractivity contribution in [2.45, 2.75) is 37.6 Å². The van der Waals surface area contributed by atoms with Gasteiger partial charge in [0, 0.05) is 23.6 Å². The van der Waals surface area contributed by atoms with Crippen molar-refractivity contribution < 1.29 is 23.4 Å². The Morgan fingerprint density at radius 2 is 2.21 bits per heavy atom. The van der Waals surface area contributed by atoms with E-state index in [-0.39, 0.29) is 17.4 Å². The summed E-state index contributed by atoms with van der Waals surface area (Å²) in [5.74, 6) is -2.75. The number of ether oxygens (including phenoxy) is 1. The number of nitrogens with one attached hydrogen (secondary N) is 2. The minimum atomic E-state index is -3.35. The summed E-state index contributed by atoms with van der Waals surface area (Å²) < 4.78 is 33.6. The number of hydrogen-bond acceptors (Lipinski definition) is 5. The van der Waals surface area contributed by atoms with Crippen LogP contribution >= 0.6 is 0 Å². The molecule has 9 heteroatoms. The van der Waals surface area contributed by atoms with Crippen LogP contribution in [0, 0.1) is 0 Å². The molecule has 4 rings (SSSR count). The molecule has 7 nitrogen and oxygen atoms in total. The van der Waals surface area contributed by atoms with E-state index < -0.39 is 18.6 Å². The Kier molecular flexibility index (Phi) is 6.86. The van der Waals surface area contributed by atoms with Crippen molar-refractivity contribution in [3.63, 3.8) is 0 Å². The summed E-state index contributed by atoms with van der Waals surface area (Å²) in [5.41, 5.74) is 2.18. The lowest BCUT2D eigenvalue weighted by atomic mass is 9.88. The number of hydrogen-bond donors (Lipinski definition) is 3. The van der Waals surface area contributed by atoms with E-state index in [0.717, 1.165) is 36.9 Å². The van der Waals surface area contributed by atoms with E-state index in [9.17, 15) is 13.6 Å². The number of likely N-dealkylation sites (tertiary alicyclic amines) is 1. The van der Waals surface area contributed by atoms with Gasteiger partial charge in [-0.2, -0.15) is 13.9 Å². The van der Waals surface area contributed by atoms with Crippen molar-refractivity contribution in [3.8, 4) is 5.75 Å². The fraction of sp³-hybridized carbons (Fsp3) is 0.440. The molecular weight excluding hydrogens is 442 g/mol. The van der Waals surface area contributed by atoms with Crippen LogP contribution in [0.4, 0.5) is 8.78 Å². The Balaban J connectivity index is 1.66. The van der Waals surface area contributed by atoms with E-state index in [2.05, 4.69) is 27.5 Å². The second-order valence-electron chi connectivity index (χ2n) is 8.99. The Labute approximate surface area is 197 Å². The van der Waals surface area contributed by atoms with E-state index in [1.807, 2.05) is 6.07 Å². The Morgan fingerprint density at radius 1 is 1.41 bits per heavy atom. The maximum absolute atomic E-state index is 14.0. The van der Waals surface area contributed by atoms with Crippen LogP contribution in [-0.4, -0.2) is 60.0 Å². The van der Waals surface area contributed by atoms with E-state index in [1.54, 1.807) is 26.3 Å². The van der Waals surface area contributed by atoms with Crippen LogP contribution in [0.1, 0.15) is 58.8 Å². The van der Waals surface area contributed by atoms with Crippen molar-refractivity contribution in [3.05, 3.63) is 58.8 Å². The fourth-order valence-electron chi connectivity index (χ4n) is 4.73. The summed E-state index contributed by atoms with van der Waals surface area (Å²) in [6.45, 7) is 2.35. The highest BCUT2D eigenvalue weighted by Crippen LogP contribution is 2.39. The molecule has 0 aliphatic carbocycles. The van der Waals surface area contributed by atoms with Crippen LogP contribution in [-0.2, 0) is 5.92 Å². The highest BCUT2D eigenvalue weighted by Gasteiger charge is 2.31. The normalized spacial score (nSPS) is 18.1. The van der Waals surface area contributed by atoms with Gasteiger partial charge in [-0.3, -0.25) is 9.89 Å². The van der Waals surface area contributed by atoms with Crippen LogP contribution < -0.4 is 10.1 Å². The van der Waals surface area contributed by atoms with Crippen molar-refractivity contribution >= 4 is 16.8 Å². The number of carbonyl (C=O) groups excluding carboxylic acids is 1. The summed E-state index contributed by atoms with van der Waals surface area (Å²) >= 11 is 0. The zero-order valence-corrected chi connectivity index (χ0v) is 19.6.